The fourth-order valence-corrected chi connectivity index (χ4v) is 3.22. The first kappa shape index (κ1) is 16.7. The average molecular weight is 337 g/mol. The van der Waals surface area contributed by atoms with Crippen LogP contribution in [0.1, 0.15) is 26.1 Å². The molecule has 3 rings (SSSR count). The van der Waals surface area contributed by atoms with Crippen LogP contribution in [0.3, 0.4) is 0 Å². The number of amides is 1. The Morgan fingerprint density at radius 1 is 1.38 bits per heavy atom. The van der Waals surface area contributed by atoms with Crippen LogP contribution in [-0.2, 0) is 17.7 Å². The zero-order chi connectivity index (χ0) is 17.3. The van der Waals surface area contributed by atoms with Crippen molar-refractivity contribution >= 4 is 11.9 Å². The topological polar surface area (TPSA) is 93.7 Å². The minimum absolute atomic E-state index is 0.151. The summed E-state index contributed by atoms with van der Waals surface area (Å²) < 4.78 is 7.32. The van der Waals surface area contributed by atoms with Crippen molar-refractivity contribution in [3.05, 3.63) is 22.1 Å². The second kappa shape index (κ2) is 6.76. The van der Waals surface area contributed by atoms with Crippen molar-refractivity contribution in [1.82, 2.24) is 19.4 Å². The smallest absolute Gasteiger partial charge is 0.410 e. The average Bonchev–Trinajstić information content (AvgIpc) is 2.98. The molecule has 0 saturated carbocycles. The van der Waals surface area contributed by atoms with E-state index in [9.17, 15) is 14.9 Å². The third-order valence-corrected chi connectivity index (χ3v) is 4.69. The van der Waals surface area contributed by atoms with Gasteiger partial charge in [0.15, 0.2) is 0 Å². The molecule has 0 radical (unpaired) electrons. The molecule has 0 N–H and O–H groups in total. The molecule has 132 valence electrons. The Hall–Kier alpha value is -2.16. The Morgan fingerprint density at radius 3 is 2.71 bits per heavy atom. The van der Waals surface area contributed by atoms with Gasteiger partial charge in [-0.05, 0) is 30.2 Å². The number of piperazine rings is 1. The molecular weight excluding hydrogens is 314 g/mol. The van der Waals surface area contributed by atoms with Gasteiger partial charge in [-0.25, -0.2) is 4.79 Å². The monoisotopic (exact) mass is 337 g/mol. The number of carbonyl (C=O) groups is 1. The summed E-state index contributed by atoms with van der Waals surface area (Å²) in [5.41, 5.74) is 0. The summed E-state index contributed by atoms with van der Waals surface area (Å²) in [6, 6.07) is 0.483. The molecule has 2 aliphatic heterocycles. The maximum Gasteiger partial charge on any atom is 0.410 e. The number of imidazole rings is 1. The zero-order valence-electron chi connectivity index (χ0n) is 14.1. The third kappa shape index (κ3) is 3.50. The first-order valence-electron chi connectivity index (χ1n) is 8.34. The number of nitrogens with zero attached hydrogens (tertiary/aromatic N) is 5. The second-order valence-electron chi connectivity index (χ2n) is 6.59. The second-order valence-corrected chi connectivity index (χ2v) is 6.59. The SMILES string of the molecule is CC(C)N1CCN(C(=O)O[C@@H]2CCc3nc([N+](=O)[O-])cn3C2)CC1. The van der Waals surface area contributed by atoms with E-state index in [-0.39, 0.29) is 18.0 Å². The molecule has 0 spiro atoms. The summed E-state index contributed by atoms with van der Waals surface area (Å²) in [7, 11) is 0. The van der Waals surface area contributed by atoms with E-state index in [0.717, 1.165) is 13.1 Å². The standard InChI is InChI=1S/C15H23N5O4/c1-11(2)17-5-7-18(8-6-17)15(21)24-12-3-4-13-16-14(20(22)23)10-19(13)9-12/h10-12H,3-9H2,1-2H3/t12-/m1/s1. The summed E-state index contributed by atoms with van der Waals surface area (Å²) in [6.45, 7) is 7.78. The van der Waals surface area contributed by atoms with Gasteiger partial charge in [0.1, 0.15) is 12.3 Å². The Kier molecular flexibility index (Phi) is 4.70. The van der Waals surface area contributed by atoms with Crippen LogP contribution in [-0.4, -0.2) is 68.7 Å². The molecule has 24 heavy (non-hydrogen) atoms. The summed E-state index contributed by atoms with van der Waals surface area (Å²) in [4.78, 5) is 30.7. The Balaban J connectivity index is 1.53. The van der Waals surface area contributed by atoms with Crippen LogP contribution >= 0.6 is 0 Å². The van der Waals surface area contributed by atoms with Gasteiger partial charge in [-0.2, -0.15) is 0 Å². The van der Waals surface area contributed by atoms with E-state index in [1.54, 1.807) is 9.47 Å². The fourth-order valence-electron chi connectivity index (χ4n) is 3.22. The number of hydrogen-bond acceptors (Lipinski definition) is 6. The first-order chi connectivity index (χ1) is 11.4. The molecule has 1 saturated heterocycles. The predicted molar refractivity (Wildman–Crippen MR) is 85.8 cm³/mol. The third-order valence-electron chi connectivity index (χ3n) is 4.69. The van der Waals surface area contributed by atoms with Crippen molar-refractivity contribution < 1.29 is 14.5 Å². The molecule has 0 aliphatic carbocycles. The lowest BCUT2D eigenvalue weighted by molar-refractivity contribution is -0.389. The van der Waals surface area contributed by atoms with Gasteiger partial charge >= 0.3 is 11.9 Å². The van der Waals surface area contributed by atoms with Crippen molar-refractivity contribution in [1.29, 1.82) is 0 Å². The number of hydrogen-bond donors (Lipinski definition) is 0. The van der Waals surface area contributed by atoms with E-state index in [1.165, 1.54) is 6.20 Å². The van der Waals surface area contributed by atoms with Crippen molar-refractivity contribution in [2.75, 3.05) is 26.2 Å². The maximum atomic E-state index is 12.3. The lowest BCUT2D eigenvalue weighted by atomic mass is 10.1. The number of nitro groups is 1. The molecule has 3 heterocycles. The van der Waals surface area contributed by atoms with Crippen LogP contribution in [0.4, 0.5) is 10.6 Å². The van der Waals surface area contributed by atoms with Gasteiger partial charge < -0.3 is 24.3 Å². The molecule has 0 unspecified atom stereocenters. The van der Waals surface area contributed by atoms with Crippen LogP contribution in [0.2, 0.25) is 0 Å². The number of aromatic nitrogens is 2. The van der Waals surface area contributed by atoms with E-state index in [1.807, 2.05) is 0 Å². The van der Waals surface area contributed by atoms with E-state index >= 15 is 0 Å². The number of rotatable bonds is 3. The highest BCUT2D eigenvalue weighted by molar-refractivity contribution is 5.68. The van der Waals surface area contributed by atoms with Gasteiger partial charge in [0, 0.05) is 38.6 Å². The maximum absolute atomic E-state index is 12.3. The molecule has 1 fully saturated rings. The largest absolute Gasteiger partial charge is 0.444 e. The van der Waals surface area contributed by atoms with Gasteiger partial charge in [-0.1, -0.05) is 0 Å². The van der Waals surface area contributed by atoms with Crippen LogP contribution in [0.15, 0.2) is 6.20 Å². The molecule has 1 aromatic heterocycles. The van der Waals surface area contributed by atoms with E-state index in [4.69, 9.17) is 4.74 Å². The molecule has 1 atom stereocenters. The normalized spacial score (nSPS) is 21.6. The fraction of sp³-hybridized carbons (Fsp3) is 0.733. The molecule has 2 aliphatic rings. The number of fused-ring (bicyclic) bond motifs is 1. The summed E-state index contributed by atoms with van der Waals surface area (Å²) in [5, 5.41) is 10.8. The lowest BCUT2D eigenvalue weighted by Gasteiger charge is -2.37. The van der Waals surface area contributed by atoms with Crippen molar-refractivity contribution in [3.8, 4) is 0 Å². The Morgan fingerprint density at radius 2 is 2.08 bits per heavy atom. The lowest BCUT2D eigenvalue weighted by Crippen LogP contribution is -2.51. The first-order valence-corrected chi connectivity index (χ1v) is 8.34. The minimum atomic E-state index is -0.499. The van der Waals surface area contributed by atoms with Crippen LogP contribution in [0, 0.1) is 10.1 Å². The van der Waals surface area contributed by atoms with Crippen LogP contribution in [0.5, 0.6) is 0 Å². The molecule has 0 bridgehead atoms. The van der Waals surface area contributed by atoms with Gasteiger partial charge in [-0.15, -0.1) is 0 Å². The highest BCUT2D eigenvalue weighted by Crippen LogP contribution is 2.21. The quantitative estimate of drug-likeness (QED) is 0.609. The number of aryl methyl sites for hydroxylation is 1. The van der Waals surface area contributed by atoms with Crippen molar-refractivity contribution in [2.24, 2.45) is 0 Å². The van der Waals surface area contributed by atoms with Crippen LogP contribution < -0.4 is 0 Å². The summed E-state index contributed by atoms with van der Waals surface area (Å²) in [6.07, 6.45) is 2.08. The molecular formula is C15H23N5O4. The molecule has 1 aromatic rings. The van der Waals surface area contributed by atoms with Gasteiger partial charge in [0.05, 0.1) is 6.54 Å². The van der Waals surface area contributed by atoms with Gasteiger partial charge in [-0.3, -0.25) is 4.90 Å². The van der Waals surface area contributed by atoms with E-state index in [0.29, 0.717) is 44.3 Å². The highest BCUT2D eigenvalue weighted by Gasteiger charge is 2.30. The summed E-state index contributed by atoms with van der Waals surface area (Å²) in [5.74, 6) is 0.529. The van der Waals surface area contributed by atoms with Crippen molar-refractivity contribution in [3.63, 3.8) is 0 Å². The van der Waals surface area contributed by atoms with Crippen molar-refractivity contribution in [2.45, 2.75) is 45.4 Å². The van der Waals surface area contributed by atoms with Gasteiger partial charge in [0.2, 0.25) is 5.82 Å². The minimum Gasteiger partial charge on any atom is -0.444 e. The molecule has 9 heteroatoms. The molecule has 1 amide bonds. The Bertz CT molecular complexity index is 621. The van der Waals surface area contributed by atoms with E-state index < -0.39 is 4.92 Å². The molecule has 9 nitrogen and oxygen atoms in total. The van der Waals surface area contributed by atoms with E-state index in [2.05, 4.69) is 23.7 Å². The predicted octanol–water partition coefficient (Wildman–Crippen LogP) is 1.27. The van der Waals surface area contributed by atoms with Gasteiger partial charge in [0.25, 0.3) is 0 Å². The zero-order valence-corrected chi connectivity index (χ0v) is 14.1. The number of ether oxygens (including phenoxy) is 1. The molecule has 0 aromatic carbocycles. The van der Waals surface area contributed by atoms with Crippen LogP contribution in [0.25, 0.3) is 0 Å². The number of carbonyl (C=O) groups excluding carboxylic acids is 1. The Labute approximate surface area is 140 Å². The highest BCUT2D eigenvalue weighted by atomic mass is 16.6. The summed E-state index contributed by atoms with van der Waals surface area (Å²) >= 11 is 0.